The quantitative estimate of drug-likeness (QED) is 0.798. The highest BCUT2D eigenvalue weighted by Crippen LogP contribution is 2.22. The normalized spacial score (nSPS) is 16.5. The summed E-state index contributed by atoms with van der Waals surface area (Å²) in [7, 11) is 1.75. The number of ether oxygens (including phenoxy) is 1. The van der Waals surface area contributed by atoms with Crippen LogP contribution in [-0.2, 0) is 4.79 Å². The second-order valence-electron chi connectivity index (χ2n) is 6.51. The van der Waals surface area contributed by atoms with Gasteiger partial charge in [-0.15, -0.1) is 0 Å². The Labute approximate surface area is 153 Å². The molecule has 1 aromatic carbocycles. The molecule has 0 aliphatic carbocycles. The maximum absolute atomic E-state index is 12.8. The van der Waals surface area contributed by atoms with E-state index in [4.69, 9.17) is 9.15 Å². The van der Waals surface area contributed by atoms with Crippen molar-refractivity contribution in [2.45, 2.75) is 25.8 Å². The van der Waals surface area contributed by atoms with Crippen molar-refractivity contribution < 1.29 is 18.7 Å². The molecule has 2 aromatic rings. The number of para-hydroxylation sites is 1. The van der Waals surface area contributed by atoms with Gasteiger partial charge in [-0.1, -0.05) is 18.2 Å². The van der Waals surface area contributed by atoms with Crippen molar-refractivity contribution in [1.29, 1.82) is 0 Å². The number of rotatable bonds is 6. The summed E-state index contributed by atoms with van der Waals surface area (Å²) in [5.41, 5.74) is 1.06. The third-order valence-electron chi connectivity index (χ3n) is 4.68. The number of hydrogen-bond donors (Lipinski definition) is 0. The molecule has 1 atom stereocenters. The molecule has 3 rings (SSSR count). The van der Waals surface area contributed by atoms with Gasteiger partial charge in [0.15, 0.2) is 5.76 Å². The number of amides is 2. The molecule has 1 aliphatic rings. The number of likely N-dealkylation sites (N-methyl/N-ethyl adjacent to an activating group) is 1. The Morgan fingerprint density at radius 2 is 2.08 bits per heavy atom. The van der Waals surface area contributed by atoms with Crippen molar-refractivity contribution in [3.05, 3.63) is 54.0 Å². The fourth-order valence-electron chi connectivity index (χ4n) is 3.18. The summed E-state index contributed by atoms with van der Waals surface area (Å²) in [6, 6.07) is 10.7. The van der Waals surface area contributed by atoms with Crippen molar-refractivity contribution in [3.63, 3.8) is 0 Å². The molecular weight excluding hydrogens is 332 g/mol. The summed E-state index contributed by atoms with van der Waals surface area (Å²) in [6.07, 6.45) is 2.96. The van der Waals surface area contributed by atoms with Gasteiger partial charge in [0.25, 0.3) is 5.91 Å². The van der Waals surface area contributed by atoms with E-state index >= 15 is 0 Å². The van der Waals surface area contributed by atoms with Crippen LogP contribution >= 0.6 is 0 Å². The fourth-order valence-corrected chi connectivity index (χ4v) is 3.18. The van der Waals surface area contributed by atoms with Gasteiger partial charge in [-0.25, -0.2) is 0 Å². The molecule has 0 bridgehead atoms. The van der Waals surface area contributed by atoms with Gasteiger partial charge in [0, 0.05) is 13.6 Å². The van der Waals surface area contributed by atoms with Gasteiger partial charge < -0.3 is 19.0 Å². The Morgan fingerprint density at radius 1 is 1.27 bits per heavy atom. The Bertz CT molecular complexity index is 757. The maximum atomic E-state index is 12.8. The molecule has 0 spiro atoms. The molecule has 6 heteroatoms. The summed E-state index contributed by atoms with van der Waals surface area (Å²) >= 11 is 0. The van der Waals surface area contributed by atoms with Crippen molar-refractivity contribution in [2.75, 3.05) is 26.7 Å². The molecule has 2 heterocycles. The number of hydrogen-bond acceptors (Lipinski definition) is 4. The Hall–Kier alpha value is -2.76. The van der Waals surface area contributed by atoms with E-state index in [1.807, 2.05) is 31.2 Å². The van der Waals surface area contributed by atoms with Crippen LogP contribution in [0.15, 0.2) is 47.1 Å². The Balaban J connectivity index is 1.55. The smallest absolute Gasteiger partial charge is 0.290 e. The maximum Gasteiger partial charge on any atom is 0.290 e. The standard InChI is InChI=1S/C20H24N2O4/c1-15-7-3-4-9-17(15)26-14-12-21(2)19(23)16-8-5-11-22(16)20(24)18-10-6-13-25-18/h3-4,6-7,9-10,13,16H,5,8,11-12,14H2,1-2H3. The van der Waals surface area contributed by atoms with Crippen LogP contribution in [0, 0.1) is 6.92 Å². The van der Waals surface area contributed by atoms with E-state index < -0.39 is 6.04 Å². The zero-order valence-electron chi connectivity index (χ0n) is 15.2. The number of nitrogens with zero attached hydrogens (tertiary/aromatic N) is 2. The minimum atomic E-state index is -0.434. The van der Waals surface area contributed by atoms with Crippen molar-refractivity contribution in [1.82, 2.24) is 9.80 Å². The second kappa shape index (κ2) is 8.08. The third kappa shape index (κ3) is 3.90. The van der Waals surface area contributed by atoms with Crippen molar-refractivity contribution in [3.8, 4) is 5.75 Å². The monoisotopic (exact) mass is 356 g/mol. The predicted octanol–water partition coefficient (Wildman–Crippen LogP) is 2.73. The largest absolute Gasteiger partial charge is 0.491 e. The van der Waals surface area contributed by atoms with Gasteiger partial charge in [-0.3, -0.25) is 9.59 Å². The lowest BCUT2D eigenvalue weighted by molar-refractivity contribution is -0.134. The molecule has 1 aliphatic heterocycles. The van der Waals surface area contributed by atoms with E-state index in [1.54, 1.807) is 29.0 Å². The van der Waals surface area contributed by atoms with E-state index in [1.165, 1.54) is 6.26 Å². The molecule has 138 valence electrons. The number of aryl methyl sites for hydroxylation is 1. The van der Waals surface area contributed by atoms with E-state index in [2.05, 4.69) is 0 Å². The van der Waals surface area contributed by atoms with Gasteiger partial charge in [-0.05, 0) is 43.5 Å². The first-order valence-electron chi connectivity index (χ1n) is 8.86. The summed E-state index contributed by atoms with van der Waals surface area (Å²) in [5.74, 6) is 0.810. The van der Waals surface area contributed by atoms with Crippen LogP contribution in [-0.4, -0.2) is 54.4 Å². The number of carbonyl (C=O) groups excluding carboxylic acids is 2. The highest BCUT2D eigenvalue weighted by atomic mass is 16.5. The van der Waals surface area contributed by atoms with Gasteiger partial charge >= 0.3 is 0 Å². The van der Waals surface area contributed by atoms with Crippen LogP contribution < -0.4 is 4.74 Å². The van der Waals surface area contributed by atoms with Crippen LogP contribution in [0.4, 0.5) is 0 Å². The zero-order chi connectivity index (χ0) is 18.5. The molecule has 2 amide bonds. The minimum Gasteiger partial charge on any atom is -0.491 e. The minimum absolute atomic E-state index is 0.0595. The number of carbonyl (C=O) groups is 2. The van der Waals surface area contributed by atoms with Crippen LogP contribution in [0.5, 0.6) is 5.75 Å². The Kier molecular flexibility index (Phi) is 5.61. The van der Waals surface area contributed by atoms with E-state index in [-0.39, 0.29) is 17.6 Å². The van der Waals surface area contributed by atoms with Crippen LogP contribution in [0.25, 0.3) is 0 Å². The molecule has 6 nitrogen and oxygen atoms in total. The SMILES string of the molecule is Cc1ccccc1OCCN(C)C(=O)C1CCCN1C(=O)c1ccco1. The predicted molar refractivity (Wildman–Crippen MR) is 97.1 cm³/mol. The van der Waals surface area contributed by atoms with E-state index in [0.29, 0.717) is 26.1 Å². The van der Waals surface area contributed by atoms with Gasteiger partial charge in [-0.2, -0.15) is 0 Å². The molecule has 26 heavy (non-hydrogen) atoms. The molecule has 1 saturated heterocycles. The van der Waals surface area contributed by atoms with Gasteiger partial charge in [0.05, 0.1) is 12.8 Å². The topological polar surface area (TPSA) is 63.0 Å². The lowest BCUT2D eigenvalue weighted by Crippen LogP contribution is -2.47. The number of furan rings is 1. The van der Waals surface area contributed by atoms with E-state index in [9.17, 15) is 9.59 Å². The summed E-state index contributed by atoms with van der Waals surface area (Å²) in [6.45, 7) is 3.43. The van der Waals surface area contributed by atoms with Crippen LogP contribution in [0.1, 0.15) is 29.0 Å². The number of likely N-dealkylation sites (tertiary alicyclic amines) is 1. The average molecular weight is 356 g/mol. The highest BCUT2D eigenvalue weighted by Gasteiger charge is 2.36. The Morgan fingerprint density at radius 3 is 2.81 bits per heavy atom. The zero-order valence-corrected chi connectivity index (χ0v) is 15.2. The van der Waals surface area contributed by atoms with Gasteiger partial charge in [0.1, 0.15) is 18.4 Å². The van der Waals surface area contributed by atoms with Crippen LogP contribution in [0.2, 0.25) is 0 Å². The van der Waals surface area contributed by atoms with E-state index in [0.717, 1.165) is 17.7 Å². The fraction of sp³-hybridized carbons (Fsp3) is 0.400. The molecule has 1 unspecified atom stereocenters. The van der Waals surface area contributed by atoms with Crippen molar-refractivity contribution >= 4 is 11.8 Å². The molecule has 0 N–H and O–H groups in total. The summed E-state index contributed by atoms with van der Waals surface area (Å²) < 4.78 is 10.9. The first kappa shape index (κ1) is 18.0. The second-order valence-corrected chi connectivity index (χ2v) is 6.51. The van der Waals surface area contributed by atoms with Crippen LogP contribution in [0.3, 0.4) is 0 Å². The highest BCUT2D eigenvalue weighted by molar-refractivity contribution is 5.95. The molecule has 1 fully saturated rings. The summed E-state index contributed by atoms with van der Waals surface area (Å²) in [4.78, 5) is 28.6. The first-order chi connectivity index (χ1) is 12.6. The third-order valence-corrected chi connectivity index (χ3v) is 4.68. The average Bonchev–Trinajstić information content (AvgIpc) is 3.34. The molecule has 0 saturated carbocycles. The van der Waals surface area contributed by atoms with Crippen molar-refractivity contribution in [2.24, 2.45) is 0 Å². The first-order valence-corrected chi connectivity index (χ1v) is 8.86. The summed E-state index contributed by atoms with van der Waals surface area (Å²) in [5, 5.41) is 0. The lowest BCUT2D eigenvalue weighted by atomic mass is 10.2. The molecule has 0 radical (unpaired) electrons. The lowest BCUT2D eigenvalue weighted by Gasteiger charge is -2.27. The molecular formula is C20H24N2O4. The molecule has 1 aromatic heterocycles. The number of benzene rings is 1. The van der Waals surface area contributed by atoms with Gasteiger partial charge in [0.2, 0.25) is 5.91 Å².